The van der Waals surface area contributed by atoms with Crippen molar-refractivity contribution >= 4 is 29.0 Å². The average molecular weight is 367 g/mol. The second-order valence-corrected chi connectivity index (χ2v) is 6.16. The molecule has 0 unspecified atom stereocenters. The van der Waals surface area contributed by atoms with Crippen molar-refractivity contribution in [2.75, 3.05) is 4.90 Å². The van der Waals surface area contributed by atoms with E-state index in [0.29, 0.717) is 29.7 Å². The Kier molecular flexibility index (Phi) is 4.28. The molecule has 2 N–H and O–H groups in total. The van der Waals surface area contributed by atoms with Crippen LogP contribution in [-0.4, -0.2) is 16.7 Å². The van der Waals surface area contributed by atoms with Crippen molar-refractivity contribution in [3.8, 4) is 11.1 Å². The summed E-state index contributed by atoms with van der Waals surface area (Å²) < 4.78 is 39.8. The minimum absolute atomic E-state index is 0.0431. The minimum atomic E-state index is -4.50. The number of hydrogen-bond acceptors (Lipinski definition) is 3. The predicted octanol–water partition coefficient (Wildman–Crippen LogP) is 5.15. The van der Waals surface area contributed by atoms with Gasteiger partial charge in [-0.25, -0.2) is 0 Å². The fourth-order valence-corrected chi connectivity index (χ4v) is 3.32. The van der Waals surface area contributed by atoms with Crippen LogP contribution in [0.2, 0.25) is 5.02 Å². The van der Waals surface area contributed by atoms with E-state index in [-0.39, 0.29) is 22.3 Å². The molecule has 0 atom stereocenters. The molecule has 1 aromatic heterocycles. The van der Waals surface area contributed by atoms with Crippen molar-refractivity contribution in [1.29, 1.82) is 10.8 Å². The normalized spacial score (nSPS) is 14.4. The molecule has 0 amide bonds. The molecule has 1 aliphatic heterocycles. The number of rotatable bonds is 1. The third kappa shape index (κ3) is 3.11. The molecular formula is C17H14ClF3N4. The third-order valence-corrected chi connectivity index (χ3v) is 4.33. The van der Waals surface area contributed by atoms with Crippen molar-refractivity contribution in [2.24, 2.45) is 0 Å². The zero-order chi connectivity index (χ0) is 18.4. The molecule has 3 rings (SSSR count). The van der Waals surface area contributed by atoms with Crippen LogP contribution < -0.4 is 4.90 Å². The van der Waals surface area contributed by atoms with Crippen LogP contribution in [-0.2, 0) is 12.6 Å². The predicted molar refractivity (Wildman–Crippen MR) is 91.6 cm³/mol. The summed E-state index contributed by atoms with van der Waals surface area (Å²) in [7, 11) is 0. The van der Waals surface area contributed by atoms with Crippen LogP contribution in [0.1, 0.15) is 24.5 Å². The molecule has 0 bridgehead atoms. The number of anilines is 1. The molecule has 0 aliphatic carbocycles. The van der Waals surface area contributed by atoms with E-state index < -0.39 is 11.7 Å². The lowest BCUT2D eigenvalue weighted by Gasteiger charge is -2.32. The second kappa shape index (κ2) is 6.15. The van der Waals surface area contributed by atoms with Crippen LogP contribution in [0.15, 0.2) is 30.6 Å². The summed E-state index contributed by atoms with van der Waals surface area (Å²) in [5.74, 6) is 0.380. The number of benzene rings is 1. The van der Waals surface area contributed by atoms with Crippen molar-refractivity contribution in [3.63, 3.8) is 0 Å². The number of aromatic nitrogens is 1. The monoisotopic (exact) mass is 366 g/mol. The molecule has 0 radical (unpaired) electrons. The molecule has 1 aliphatic rings. The first-order valence-corrected chi connectivity index (χ1v) is 7.84. The standard InChI is InChI=1S/C17H14ClF3N4/c1-9(22)25-15(23)3-2-10-6-11(7-14(18)16(10)25)12-8-24-5-4-13(12)17(19,20)21/h4-8,22-23H,2-3H2,1H3. The molecule has 8 heteroatoms. The Balaban J connectivity index is 2.19. The van der Waals surface area contributed by atoms with Gasteiger partial charge in [-0.15, -0.1) is 0 Å². The Morgan fingerprint density at radius 2 is 2.00 bits per heavy atom. The maximum atomic E-state index is 13.3. The van der Waals surface area contributed by atoms with Gasteiger partial charge in [-0.3, -0.25) is 20.7 Å². The molecule has 0 saturated heterocycles. The number of nitrogens with one attached hydrogen (secondary N) is 2. The number of fused-ring (bicyclic) bond motifs is 1. The first-order valence-electron chi connectivity index (χ1n) is 7.47. The fraction of sp³-hybridized carbons (Fsp3) is 0.235. The minimum Gasteiger partial charge on any atom is -0.288 e. The summed E-state index contributed by atoms with van der Waals surface area (Å²) in [5, 5.41) is 16.1. The molecule has 0 fully saturated rings. The van der Waals surface area contributed by atoms with Crippen LogP contribution in [0.4, 0.5) is 18.9 Å². The summed E-state index contributed by atoms with van der Waals surface area (Å²) in [6, 6.07) is 4.00. The zero-order valence-electron chi connectivity index (χ0n) is 13.2. The molecule has 25 heavy (non-hydrogen) atoms. The van der Waals surface area contributed by atoms with E-state index >= 15 is 0 Å². The number of hydrogen-bond donors (Lipinski definition) is 2. The molecule has 130 valence electrons. The first-order chi connectivity index (χ1) is 11.7. The zero-order valence-corrected chi connectivity index (χ0v) is 14.0. The van der Waals surface area contributed by atoms with Gasteiger partial charge in [0, 0.05) is 24.4 Å². The van der Waals surface area contributed by atoms with Gasteiger partial charge < -0.3 is 0 Å². The van der Waals surface area contributed by atoms with Gasteiger partial charge in [0.2, 0.25) is 0 Å². The van der Waals surface area contributed by atoms with Gasteiger partial charge in [0.15, 0.2) is 0 Å². The molecule has 2 aromatic rings. The molecule has 0 spiro atoms. The van der Waals surface area contributed by atoms with Gasteiger partial charge in [-0.05, 0) is 42.7 Å². The SMILES string of the molecule is CC(=N)N1C(=N)CCc2cc(-c3cnccc3C(F)(F)F)cc(Cl)c21. The van der Waals surface area contributed by atoms with E-state index in [1.807, 2.05) is 0 Å². The van der Waals surface area contributed by atoms with Crippen LogP contribution in [0.5, 0.6) is 0 Å². The fourth-order valence-electron chi connectivity index (χ4n) is 2.99. The summed E-state index contributed by atoms with van der Waals surface area (Å²) in [4.78, 5) is 5.23. The van der Waals surface area contributed by atoms with Gasteiger partial charge in [-0.2, -0.15) is 13.2 Å². The van der Waals surface area contributed by atoms with E-state index in [0.717, 1.165) is 12.3 Å². The molecule has 2 heterocycles. The Morgan fingerprint density at radius 1 is 1.28 bits per heavy atom. The first kappa shape index (κ1) is 17.4. The topological polar surface area (TPSA) is 63.8 Å². The lowest BCUT2D eigenvalue weighted by atomic mass is 9.94. The van der Waals surface area contributed by atoms with E-state index in [2.05, 4.69) is 4.98 Å². The maximum Gasteiger partial charge on any atom is 0.417 e. The van der Waals surface area contributed by atoms with Gasteiger partial charge in [0.25, 0.3) is 0 Å². The van der Waals surface area contributed by atoms with E-state index in [9.17, 15) is 13.2 Å². The average Bonchev–Trinajstić information content (AvgIpc) is 2.54. The van der Waals surface area contributed by atoms with Crippen LogP contribution >= 0.6 is 11.6 Å². The van der Waals surface area contributed by atoms with E-state index in [1.165, 1.54) is 24.1 Å². The number of alkyl halides is 3. The maximum absolute atomic E-state index is 13.3. The molecule has 4 nitrogen and oxygen atoms in total. The summed E-state index contributed by atoms with van der Waals surface area (Å²) >= 11 is 6.33. The quantitative estimate of drug-likeness (QED) is 0.541. The third-order valence-electron chi connectivity index (χ3n) is 4.04. The molecule has 0 saturated carbocycles. The van der Waals surface area contributed by atoms with Crippen molar-refractivity contribution in [3.05, 3.63) is 46.7 Å². The lowest BCUT2D eigenvalue weighted by Crippen LogP contribution is -2.38. The Bertz CT molecular complexity index is 877. The number of aryl methyl sites for hydroxylation is 1. The lowest BCUT2D eigenvalue weighted by molar-refractivity contribution is -0.137. The highest BCUT2D eigenvalue weighted by molar-refractivity contribution is 6.36. The molecule has 1 aromatic carbocycles. The van der Waals surface area contributed by atoms with Crippen molar-refractivity contribution in [2.45, 2.75) is 25.9 Å². The van der Waals surface area contributed by atoms with Gasteiger partial charge in [0.1, 0.15) is 11.7 Å². The highest BCUT2D eigenvalue weighted by atomic mass is 35.5. The van der Waals surface area contributed by atoms with Gasteiger partial charge in [0.05, 0.1) is 16.3 Å². The Hall–Kier alpha value is -2.41. The van der Waals surface area contributed by atoms with Crippen molar-refractivity contribution in [1.82, 2.24) is 4.98 Å². The number of halogens is 4. The number of amidine groups is 2. The largest absolute Gasteiger partial charge is 0.417 e. The van der Waals surface area contributed by atoms with E-state index in [1.54, 1.807) is 6.07 Å². The van der Waals surface area contributed by atoms with Crippen LogP contribution in [0.3, 0.4) is 0 Å². The highest BCUT2D eigenvalue weighted by Crippen LogP contribution is 2.42. The summed E-state index contributed by atoms with van der Waals surface area (Å²) in [6.45, 7) is 1.54. The van der Waals surface area contributed by atoms with Crippen LogP contribution in [0, 0.1) is 10.8 Å². The summed E-state index contributed by atoms with van der Waals surface area (Å²) in [5.41, 5.74) is 0.703. The summed E-state index contributed by atoms with van der Waals surface area (Å²) in [6.07, 6.45) is -1.35. The Labute approximate surface area is 147 Å². The van der Waals surface area contributed by atoms with Crippen molar-refractivity contribution < 1.29 is 13.2 Å². The smallest absolute Gasteiger partial charge is 0.288 e. The molecular weight excluding hydrogens is 353 g/mol. The van der Waals surface area contributed by atoms with Gasteiger partial charge >= 0.3 is 6.18 Å². The highest BCUT2D eigenvalue weighted by Gasteiger charge is 2.34. The second-order valence-electron chi connectivity index (χ2n) is 5.75. The number of nitrogens with zero attached hydrogens (tertiary/aromatic N) is 2. The Morgan fingerprint density at radius 3 is 2.64 bits per heavy atom. The van der Waals surface area contributed by atoms with Gasteiger partial charge in [-0.1, -0.05) is 11.6 Å². The van der Waals surface area contributed by atoms with E-state index in [4.69, 9.17) is 22.4 Å². The number of pyridine rings is 1. The van der Waals surface area contributed by atoms with Crippen LogP contribution in [0.25, 0.3) is 11.1 Å².